The average Bonchev–Trinajstić information content (AvgIpc) is 3.11. The molecular weight excluding hydrogens is 927 g/mol. The zero-order valence-electron chi connectivity index (χ0n) is 29.6. The van der Waals surface area contributed by atoms with E-state index in [0.29, 0.717) is 6.42 Å². The van der Waals surface area contributed by atoms with Gasteiger partial charge in [0.1, 0.15) is 0 Å². The summed E-state index contributed by atoms with van der Waals surface area (Å²) in [6.45, 7) is 2.02. The van der Waals surface area contributed by atoms with Crippen molar-refractivity contribution in [2.45, 2.75) is 26.2 Å². The van der Waals surface area contributed by atoms with Crippen LogP contribution in [0.3, 0.4) is 0 Å². The van der Waals surface area contributed by atoms with Crippen molar-refractivity contribution in [2.75, 3.05) is 0 Å². The Hall–Kier alpha value is -4.99. The molecule has 0 atom stereocenters. The van der Waals surface area contributed by atoms with Gasteiger partial charge in [0.25, 0.3) is 0 Å². The fourth-order valence-corrected chi connectivity index (χ4v) is 3.95. The van der Waals surface area contributed by atoms with Crippen molar-refractivity contribution in [1.82, 2.24) is 29.9 Å². The monoisotopic (exact) mass is 960 g/mol. The summed E-state index contributed by atoms with van der Waals surface area (Å²) < 4.78 is 118. The number of carboxylic acid groups (broad SMARTS) is 1. The van der Waals surface area contributed by atoms with Crippen molar-refractivity contribution in [3.05, 3.63) is 145 Å². The quantitative estimate of drug-likeness (QED) is 0.0956. The van der Waals surface area contributed by atoms with E-state index >= 15 is 0 Å². The number of pyridine rings is 6. The van der Waals surface area contributed by atoms with Gasteiger partial charge in [-0.05, 0) is 104 Å². The Morgan fingerprint density at radius 1 is 0.483 bits per heavy atom. The molecule has 0 saturated carbocycles. The molecule has 0 bridgehead atoms. The number of nitrogens with zero attached hydrogens (tertiary/aromatic N) is 6. The van der Waals surface area contributed by atoms with Gasteiger partial charge in [-0.25, -0.2) is 0 Å². The van der Waals surface area contributed by atoms with E-state index < -0.39 is 21.6 Å². The molecule has 8 nitrogen and oxygen atoms in total. The number of hydrogen-bond donors (Lipinski definition) is 1. The van der Waals surface area contributed by atoms with Crippen LogP contribution in [0.2, 0.25) is 0 Å². The predicted octanol–water partition coefficient (Wildman–Crippen LogP) is 13.9. The van der Waals surface area contributed by atoms with Gasteiger partial charge >= 0.3 is 91.4 Å². The van der Waals surface area contributed by atoms with Crippen LogP contribution in [-0.2, 0) is 30.7 Å². The van der Waals surface area contributed by atoms with E-state index in [0.717, 1.165) is 51.7 Å². The maximum Gasteiger partial charge on any atom is 2.00 e. The van der Waals surface area contributed by atoms with Crippen molar-refractivity contribution in [1.29, 1.82) is 0 Å². The molecule has 0 aliphatic rings. The zero-order chi connectivity index (χ0) is 42.9. The third-order valence-corrected chi connectivity index (χ3v) is 6.04. The molecule has 0 aliphatic heterocycles. The number of aromatic nitrogens is 6. The van der Waals surface area contributed by atoms with E-state index in [1.54, 1.807) is 37.2 Å². The van der Waals surface area contributed by atoms with E-state index in [1.165, 1.54) is 0 Å². The van der Waals surface area contributed by atoms with Gasteiger partial charge in [-0.15, -0.1) is 0 Å². The molecule has 6 heterocycles. The second-order valence-corrected chi connectivity index (χ2v) is 15.1. The summed E-state index contributed by atoms with van der Waals surface area (Å²) >= 11 is 0. The molecule has 0 fully saturated rings. The molecule has 6 rings (SSSR count). The third-order valence-electron chi connectivity index (χ3n) is 6.04. The standard InChI is InChI=1S/C15H16N2O2.2C10H8N2.2F6P.Ru/c1-11-5-7-16-13(9-11)14-10-12(6-8-17-14)3-2-4-15(18)19;2*1-3-7-11-9(5-1)10-6-2-4-8-12-10;2*1-7(2,3,4,5)6;/h5-10H,2-4H2,1H3,(H,18,19);2*1-8H;;;/q;;;2*-1;+2. The fraction of sp³-hybridized carbons (Fsp3) is 0.114. The van der Waals surface area contributed by atoms with Crippen molar-refractivity contribution in [2.24, 2.45) is 0 Å². The van der Waals surface area contributed by atoms with Crippen LogP contribution in [0.25, 0.3) is 34.2 Å². The van der Waals surface area contributed by atoms with Gasteiger partial charge in [-0.2, -0.15) is 0 Å². The van der Waals surface area contributed by atoms with Gasteiger partial charge in [-0.3, -0.25) is 34.7 Å². The summed E-state index contributed by atoms with van der Waals surface area (Å²) in [5.41, 5.74) is 7.57. The molecule has 0 amide bonds. The Morgan fingerprint density at radius 3 is 1.09 bits per heavy atom. The molecule has 0 aliphatic carbocycles. The number of rotatable bonds is 7. The second kappa shape index (κ2) is 19.6. The van der Waals surface area contributed by atoms with E-state index in [1.807, 2.05) is 104 Å². The van der Waals surface area contributed by atoms with Crippen LogP contribution in [-0.4, -0.2) is 41.0 Å². The summed E-state index contributed by atoms with van der Waals surface area (Å²) in [5.74, 6) is -0.755. The van der Waals surface area contributed by atoms with Crippen LogP contribution >= 0.6 is 15.6 Å². The van der Waals surface area contributed by atoms with Crippen LogP contribution in [0.5, 0.6) is 0 Å². The van der Waals surface area contributed by atoms with Gasteiger partial charge in [-0.1, -0.05) is 24.3 Å². The number of hydrogen-bond acceptors (Lipinski definition) is 7. The molecule has 0 unspecified atom stereocenters. The largest absolute Gasteiger partial charge is 2.00 e. The summed E-state index contributed by atoms with van der Waals surface area (Å²) in [4.78, 5) is 35.9. The SMILES string of the molecule is Cc1ccnc(-c2cc(CCCC(=O)O)ccn2)c1.F[P-](F)(F)(F)(F)F.F[P-](F)(F)(F)(F)F.[Ru+2].c1ccc(-c2ccccn2)nc1.c1ccc(-c2ccccn2)nc1. The van der Waals surface area contributed by atoms with Gasteiger partial charge in [0.05, 0.1) is 34.2 Å². The smallest absolute Gasteiger partial charge is 0.255 e. The second-order valence-electron chi connectivity index (χ2n) is 11.3. The zero-order valence-corrected chi connectivity index (χ0v) is 33.2. The van der Waals surface area contributed by atoms with Gasteiger partial charge in [0, 0.05) is 43.6 Å². The normalized spacial score (nSPS) is 13.0. The first-order valence-electron chi connectivity index (χ1n) is 15.9. The van der Waals surface area contributed by atoms with Crippen LogP contribution < -0.4 is 0 Å². The summed E-state index contributed by atoms with van der Waals surface area (Å²) in [7, 11) is -21.3. The molecule has 58 heavy (non-hydrogen) atoms. The first-order valence-corrected chi connectivity index (χ1v) is 19.9. The number of halogens is 12. The van der Waals surface area contributed by atoms with Crippen molar-refractivity contribution >= 4 is 21.6 Å². The van der Waals surface area contributed by atoms with E-state index in [4.69, 9.17) is 5.11 Å². The van der Waals surface area contributed by atoms with E-state index in [9.17, 15) is 55.2 Å². The van der Waals surface area contributed by atoms with Crippen molar-refractivity contribution < 1.29 is 79.7 Å². The number of carboxylic acids is 1. The molecule has 316 valence electrons. The molecule has 6 aromatic heterocycles. The fourth-order valence-electron chi connectivity index (χ4n) is 3.95. The van der Waals surface area contributed by atoms with Crippen LogP contribution in [0.4, 0.5) is 50.4 Å². The maximum atomic E-state index is 10.5. The predicted molar refractivity (Wildman–Crippen MR) is 195 cm³/mol. The Balaban J connectivity index is 0.000000381. The molecule has 23 heteroatoms. The Labute approximate surface area is 336 Å². The van der Waals surface area contributed by atoms with Gasteiger partial charge in [0.2, 0.25) is 0 Å². The van der Waals surface area contributed by atoms with E-state index in [-0.39, 0.29) is 25.9 Å². The van der Waals surface area contributed by atoms with E-state index in [2.05, 4.69) is 29.9 Å². The van der Waals surface area contributed by atoms with Crippen LogP contribution in [0.1, 0.15) is 24.0 Å². The summed E-state index contributed by atoms with van der Waals surface area (Å²) in [5, 5.41) is 8.63. The first kappa shape index (κ1) is 51.0. The Bertz CT molecular complexity index is 1950. The van der Waals surface area contributed by atoms with Crippen LogP contribution in [0, 0.1) is 6.92 Å². The molecule has 1 N–H and O–H groups in total. The topological polar surface area (TPSA) is 115 Å². The Morgan fingerprint density at radius 2 is 0.793 bits per heavy atom. The number of aryl methyl sites for hydroxylation is 2. The molecule has 0 spiro atoms. The summed E-state index contributed by atoms with van der Waals surface area (Å²) in [6, 6.07) is 31.0. The number of aliphatic carboxylic acids is 1. The minimum atomic E-state index is -10.7. The van der Waals surface area contributed by atoms with Crippen molar-refractivity contribution in [3.8, 4) is 34.2 Å². The maximum absolute atomic E-state index is 10.7. The average molecular weight is 960 g/mol. The van der Waals surface area contributed by atoms with Crippen molar-refractivity contribution in [3.63, 3.8) is 0 Å². The Kier molecular flexibility index (Phi) is 17.3. The minimum Gasteiger partial charge on any atom is -0.255 e. The molecule has 6 aromatic rings. The molecule has 0 aromatic carbocycles. The molecule has 0 saturated heterocycles. The number of carbonyl (C=O) groups is 1. The minimum absolute atomic E-state index is 0. The third kappa shape index (κ3) is 30.2. The summed E-state index contributed by atoms with van der Waals surface area (Å²) in [6.07, 6.45) is 12.2. The molecular formula is C35H32F12N6O2P2Ru. The molecule has 0 radical (unpaired) electrons. The van der Waals surface area contributed by atoms with Crippen LogP contribution in [0.15, 0.2) is 134 Å². The van der Waals surface area contributed by atoms with Gasteiger partial charge < -0.3 is 5.11 Å². The van der Waals surface area contributed by atoms with Gasteiger partial charge in [0.15, 0.2) is 0 Å². The first-order chi connectivity index (χ1) is 26.0.